The zero-order valence-electron chi connectivity index (χ0n) is 16.3. The lowest BCUT2D eigenvalue weighted by molar-refractivity contribution is -0.133. The summed E-state index contributed by atoms with van der Waals surface area (Å²) >= 11 is 0. The van der Waals surface area contributed by atoms with Crippen LogP contribution in [-0.2, 0) is 4.79 Å². The summed E-state index contributed by atoms with van der Waals surface area (Å²) in [5, 5.41) is 3.66. The quantitative estimate of drug-likeness (QED) is 0.909. The summed E-state index contributed by atoms with van der Waals surface area (Å²) in [6, 6.07) is 6.14. The number of hydrogen-bond donors (Lipinski definition) is 1. The van der Waals surface area contributed by atoms with E-state index in [9.17, 15) is 4.79 Å². The van der Waals surface area contributed by atoms with E-state index in [2.05, 4.69) is 54.6 Å². The van der Waals surface area contributed by atoms with E-state index in [4.69, 9.17) is 4.98 Å². The molecule has 0 bridgehead atoms. The number of amides is 1. The number of pyridine rings is 1. The fourth-order valence-corrected chi connectivity index (χ4v) is 4.05. The molecule has 2 aliphatic rings. The van der Waals surface area contributed by atoms with E-state index in [-0.39, 0.29) is 5.54 Å². The second-order valence-electron chi connectivity index (χ2n) is 9.07. The molecule has 5 nitrogen and oxygen atoms in total. The number of carbonyl (C=O) groups is 1. The number of aromatic nitrogens is 2. The van der Waals surface area contributed by atoms with Crippen LogP contribution in [0.4, 0.5) is 5.82 Å². The minimum Gasteiger partial charge on any atom is -0.365 e. The number of fused-ring (bicyclic) bond motifs is 1. The topological polar surface area (TPSA) is 49.6 Å². The number of carbonyl (C=O) groups excluding carboxylic acids is 1. The van der Waals surface area contributed by atoms with Crippen molar-refractivity contribution in [2.24, 2.45) is 11.8 Å². The number of nitrogens with one attached hydrogen (secondary N) is 1. The molecule has 1 aliphatic carbocycles. The van der Waals surface area contributed by atoms with Crippen molar-refractivity contribution in [1.82, 2.24) is 14.3 Å². The summed E-state index contributed by atoms with van der Waals surface area (Å²) in [6.07, 6.45) is 5.14. The van der Waals surface area contributed by atoms with Crippen molar-refractivity contribution < 1.29 is 4.79 Å². The summed E-state index contributed by atoms with van der Waals surface area (Å²) in [7, 11) is 0. The van der Waals surface area contributed by atoms with Gasteiger partial charge in [-0.1, -0.05) is 13.0 Å². The minimum atomic E-state index is -0.0284. The van der Waals surface area contributed by atoms with Gasteiger partial charge < -0.3 is 10.2 Å². The Morgan fingerprint density at radius 2 is 1.92 bits per heavy atom. The Kier molecular flexibility index (Phi) is 4.20. The van der Waals surface area contributed by atoms with E-state index >= 15 is 0 Å². The number of likely N-dealkylation sites (tertiary alicyclic amines) is 1. The molecule has 0 spiro atoms. The van der Waals surface area contributed by atoms with Gasteiger partial charge in [0.05, 0.1) is 5.69 Å². The first kappa shape index (κ1) is 17.4. The van der Waals surface area contributed by atoms with Gasteiger partial charge in [-0.25, -0.2) is 4.98 Å². The van der Waals surface area contributed by atoms with Crippen molar-refractivity contribution in [3.63, 3.8) is 0 Å². The molecule has 2 fully saturated rings. The lowest BCUT2D eigenvalue weighted by atomic mass is 9.92. The van der Waals surface area contributed by atoms with E-state index in [1.807, 2.05) is 12.1 Å². The first-order valence-electron chi connectivity index (χ1n) is 9.87. The predicted molar refractivity (Wildman–Crippen MR) is 104 cm³/mol. The lowest BCUT2D eigenvalue weighted by Gasteiger charge is -2.32. The first-order chi connectivity index (χ1) is 12.3. The van der Waals surface area contributed by atoms with Crippen molar-refractivity contribution in [3.8, 4) is 0 Å². The molecule has 2 atom stereocenters. The summed E-state index contributed by atoms with van der Waals surface area (Å²) in [5.74, 6) is 2.76. The SMILES string of the molecule is CC1CC1C(=O)N1CCC(c2nc3ccccn3c2NC(C)(C)C)CC1. The number of rotatable bonds is 3. The van der Waals surface area contributed by atoms with Gasteiger partial charge in [0.1, 0.15) is 11.5 Å². The van der Waals surface area contributed by atoms with Gasteiger partial charge in [0, 0.05) is 36.7 Å². The second kappa shape index (κ2) is 6.29. The van der Waals surface area contributed by atoms with E-state index in [0.29, 0.717) is 23.7 Å². The number of nitrogens with zero attached hydrogens (tertiary/aromatic N) is 3. The highest BCUT2D eigenvalue weighted by molar-refractivity contribution is 5.81. The second-order valence-corrected chi connectivity index (χ2v) is 9.07. The number of hydrogen-bond acceptors (Lipinski definition) is 3. The monoisotopic (exact) mass is 354 g/mol. The largest absolute Gasteiger partial charge is 0.365 e. The molecule has 1 N–H and O–H groups in total. The Bertz CT molecular complexity index is 811. The van der Waals surface area contributed by atoms with Crippen molar-refractivity contribution in [1.29, 1.82) is 0 Å². The highest BCUT2D eigenvalue weighted by Crippen LogP contribution is 2.41. The Balaban J connectivity index is 1.55. The molecule has 2 aromatic heterocycles. The van der Waals surface area contributed by atoms with Gasteiger partial charge >= 0.3 is 0 Å². The van der Waals surface area contributed by atoms with Gasteiger partial charge in [-0.3, -0.25) is 9.20 Å². The van der Waals surface area contributed by atoms with Crippen LogP contribution in [0, 0.1) is 11.8 Å². The summed E-state index contributed by atoms with van der Waals surface area (Å²) in [5.41, 5.74) is 2.11. The highest BCUT2D eigenvalue weighted by atomic mass is 16.2. The summed E-state index contributed by atoms with van der Waals surface area (Å²) < 4.78 is 2.16. The molecule has 1 saturated carbocycles. The fraction of sp³-hybridized carbons (Fsp3) is 0.619. The van der Waals surface area contributed by atoms with Gasteiger partial charge in [-0.2, -0.15) is 0 Å². The maximum Gasteiger partial charge on any atom is 0.225 e. The van der Waals surface area contributed by atoms with Gasteiger partial charge in [0.2, 0.25) is 5.91 Å². The van der Waals surface area contributed by atoms with Crippen LogP contribution in [0.1, 0.15) is 58.6 Å². The van der Waals surface area contributed by atoms with Crippen molar-refractivity contribution >= 4 is 17.4 Å². The molecule has 2 unspecified atom stereocenters. The number of anilines is 1. The Morgan fingerprint density at radius 3 is 2.54 bits per heavy atom. The van der Waals surface area contributed by atoms with Crippen LogP contribution in [0.15, 0.2) is 24.4 Å². The normalized spacial score (nSPS) is 24.1. The minimum absolute atomic E-state index is 0.0284. The molecule has 1 saturated heterocycles. The third-order valence-electron chi connectivity index (χ3n) is 5.67. The predicted octanol–water partition coefficient (Wildman–Crippen LogP) is 3.91. The average molecular weight is 354 g/mol. The maximum absolute atomic E-state index is 12.5. The van der Waals surface area contributed by atoms with Crippen molar-refractivity contribution in [3.05, 3.63) is 30.1 Å². The molecule has 0 radical (unpaired) electrons. The summed E-state index contributed by atoms with van der Waals surface area (Å²) in [6.45, 7) is 10.4. The van der Waals surface area contributed by atoms with Crippen LogP contribution < -0.4 is 5.32 Å². The van der Waals surface area contributed by atoms with Crippen LogP contribution in [0.2, 0.25) is 0 Å². The van der Waals surface area contributed by atoms with Gasteiger partial charge in [0.25, 0.3) is 0 Å². The Hall–Kier alpha value is -2.04. The van der Waals surface area contributed by atoms with E-state index in [1.54, 1.807) is 0 Å². The van der Waals surface area contributed by atoms with E-state index < -0.39 is 0 Å². The Morgan fingerprint density at radius 1 is 1.23 bits per heavy atom. The molecular formula is C21H30N4O. The van der Waals surface area contributed by atoms with Crippen LogP contribution in [0.3, 0.4) is 0 Å². The smallest absolute Gasteiger partial charge is 0.225 e. The van der Waals surface area contributed by atoms with Crippen LogP contribution in [0.5, 0.6) is 0 Å². The van der Waals surface area contributed by atoms with Crippen LogP contribution >= 0.6 is 0 Å². The molecule has 3 heterocycles. The van der Waals surface area contributed by atoms with E-state index in [0.717, 1.165) is 49.5 Å². The third kappa shape index (κ3) is 3.31. The van der Waals surface area contributed by atoms with Crippen molar-refractivity contribution in [2.75, 3.05) is 18.4 Å². The maximum atomic E-state index is 12.5. The average Bonchev–Trinajstić information content (AvgIpc) is 3.23. The molecule has 1 amide bonds. The molecule has 5 heteroatoms. The molecule has 4 rings (SSSR count). The van der Waals surface area contributed by atoms with Crippen LogP contribution in [-0.4, -0.2) is 38.8 Å². The molecule has 26 heavy (non-hydrogen) atoms. The molecule has 0 aromatic carbocycles. The third-order valence-corrected chi connectivity index (χ3v) is 5.67. The van der Waals surface area contributed by atoms with Gasteiger partial charge in [-0.15, -0.1) is 0 Å². The summed E-state index contributed by atoms with van der Waals surface area (Å²) in [4.78, 5) is 19.5. The van der Waals surface area contributed by atoms with Crippen molar-refractivity contribution in [2.45, 2.75) is 58.4 Å². The van der Waals surface area contributed by atoms with E-state index in [1.165, 1.54) is 0 Å². The van der Waals surface area contributed by atoms with Gasteiger partial charge in [0.15, 0.2) is 0 Å². The Labute approximate surface area is 155 Å². The fourth-order valence-electron chi connectivity index (χ4n) is 4.05. The number of piperidine rings is 1. The zero-order chi connectivity index (χ0) is 18.5. The zero-order valence-corrected chi connectivity index (χ0v) is 16.3. The highest BCUT2D eigenvalue weighted by Gasteiger charge is 2.42. The van der Waals surface area contributed by atoms with Gasteiger partial charge in [-0.05, 0) is 58.1 Å². The number of imidazole rings is 1. The lowest BCUT2D eigenvalue weighted by Crippen LogP contribution is -2.39. The standard InChI is InChI=1S/C21H30N4O/c1-14-13-16(14)20(26)24-11-8-15(9-12-24)18-19(23-21(2,3)4)25-10-6-5-7-17(25)22-18/h5-7,10,14-16,23H,8-9,11-13H2,1-4H3. The molecule has 2 aromatic rings. The van der Waals surface area contributed by atoms with Crippen LogP contribution in [0.25, 0.3) is 5.65 Å². The molecular weight excluding hydrogens is 324 g/mol. The first-order valence-corrected chi connectivity index (χ1v) is 9.87. The molecule has 140 valence electrons. The molecule has 1 aliphatic heterocycles.